The van der Waals surface area contributed by atoms with E-state index in [1.165, 1.54) is 11.1 Å². The van der Waals surface area contributed by atoms with Crippen molar-refractivity contribution < 1.29 is 0 Å². The minimum atomic E-state index is 0.734. The topological polar surface area (TPSA) is 41.6 Å². The molecule has 0 aliphatic heterocycles. The van der Waals surface area contributed by atoms with Crippen molar-refractivity contribution in [2.75, 3.05) is 0 Å². The Bertz CT molecular complexity index is 1500. The molecule has 4 aromatic carbocycles. The first-order valence-corrected chi connectivity index (χ1v) is 10.4. The molecule has 0 saturated carbocycles. The first-order valence-electron chi connectivity index (χ1n) is 10.4. The Balaban J connectivity index is 1.67. The molecule has 2 heterocycles. The van der Waals surface area contributed by atoms with Gasteiger partial charge in [-0.2, -0.15) is 0 Å². The van der Waals surface area contributed by atoms with Gasteiger partial charge in [0.2, 0.25) is 0 Å². The second kappa shape index (κ2) is 7.22. The highest BCUT2D eigenvalue weighted by molar-refractivity contribution is 6.10. The van der Waals surface area contributed by atoms with Gasteiger partial charge in [0, 0.05) is 22.0 Å². The van der Waals surface area contributed by atoms with E-state index in [4.69, 9.17) is 9.97 Å². The van der Waals surface area contributed by atoms with Crippen LogP contribution in [-0.4, -0.2) is 15.0 Å². The molecule has 0 saturated heterocycles. The molecule has 0 fully saturated rings. The molecule has 146 valence electrons. The van der Waals surface area contributed by atoms with Crippen LogP contribution in [0.25, 0.3) is 55.7 Å². The molecule has 0 amide bonds. The summed E-state index contributed by atoms with van der Waals surface area (Å²) < 4.78 is 0. The highest BCUT2D eigenvalue weighted by atomic mass is 14.9. The number of hydrogen-bond acceptors (Lipinski definition) is 2. The number of benzene rings is 4. The van der Waals surface area contributed by atoms with Crippen LogP contribution in [0, 0.1) is 0 Å². The molecule has 1 N–H and O–H groups in total. The minimum Gasteiger partial charge on any atom is -0.351 e. The van der Waals surface area contributed by atoms with E-state index >= 15 is 0 Å². The van der Waals surface area contributed by atoms with E-state index in [9.17, 15) is 0 Å². The monoisotopic (exact) mass is 397 g/mol. The van der Waals surface area contributed by atoms with Gasteiger partial charge in [0.1, 0.15) is 5.52 Å². The van der Waals surface area contributed by atoms with Crippen molar-refractivity contribution in [2.45, 2.75) is 0 Å². The molecule has 0 aliphatic rings. The van der Waals surface area contributed by atoms with Crippen LogP contribution in [0.4, 0.5) is 0 Å². The van der Waals surface area contributed by atoms with Crippen molar-refractivity contribution >= 4 is 21.9 Å². The van der Waals surface area contributed by atoms with Gasteiger partial charge < -0.3 is 4.98 Å². The van der Waals surface area contributed by atoms with Crippen LogP contribution in [0.1, 0.15) is 0 Å². The Morgan fingerprint density at radius 3 is 1.81 bits per heavy atom. The van der Waals surface area contributed by atoms with E-state index in [-0.39, 0.29) is 0 Å². The molecule has 0 bridgehead atoms. The molecule has 6 aromatic rings. The number of rotatable bonds is 3. The third-order valence-corrected chi connectivity index (χ3v) is 5.63. The Morgan fingerprint density at radius 2 is 1.13 bits per heavy atom. The molecular formula is C28H19N3. The van der Waals surface area contributed by atoms with Gasteiger partial charge in [-0.15, -0.1) is 0 Å². The Kier molecular flexibility index (Phi) is 4.10. The number of nitrogens with one attached hydrogen (secondary N) is 1. The van der Waals surface area contributed by atoms with Crippen LogP contribution in [-0.2, 0) is 0 Å². The van der Waals surface area contributed by atoms with E-state index < -0.39 is 0 Å². The zero-order valence-electron chi connectivity index (χ0n) is 16.8. The van der Waals surface area contributed by atoms with Gasteiger partial charge in [-0.25, -0.2) is 9.97 Å². The highest BCUT2D eigenvalue weighted by Gasteiger charge is 2.16. The van der Waals surface area contributed by atoms with Crippen molar-refractivity contribution in [3.63, 3.8) is 0 Å². The lowest BCUT2D eigenvalue weighted by atomic mass is 10.0. The molecule has 31 heavy (non-hydrogen) atoms. The van der Waals surface area contributed by atoms with Crippen molar-refractivity contribution in [1.29, 1.82) is 0 Å². The number of H-pyrrole nitrogens is 1. The number of aromatic nitrogens is 3. The van der Waals surface area contributed by atoms with E-state index in [0.717, 1.165) is 44.6 Å². The predicted octanol–water partition coefficient (Wildman–Crippen LogP) is 7.11. The molecule has 2 aromatic heterocycles. The van der Waals surface area contributed by atoms with Crippen molar-refractivity contribution in [1.82, 2.24) is 15.0 Å². The summed E-state index contributed by atoms with van der Waals surface area (Å²) in [4.78, 5) is 13.6. The van der Waals surface area contributed by atoms with Crippen LogP contribution >= 0.6 is 0 Å². The summed E-state index contributed by atoms with van der Waals surface area (Å²) in [5.74, 6) is 0.734. The summed E-state index contributed by atoms with van der Waals surface area (Å²) in [7, 11) is 0. The predicted molar refractivity (Wildman–Crippen MR) is 128 cm³/mol. The molecule has 3 nitrogen and oxygen atoms in total. The van der Waals surface area contributed by atoms with Gasteiger partial charge in [0.25, 0.3) is 0 Å². The zero-order valence-corrected chi connectivity index (χ0v) is 16.8. The fourth-order valence-electron chi connectivity index (χ4n) is 4.09. The average Bonchev–Trinajstić information content (AvgIpc) is 3.23. The van der Waals surface area contributed by atoms with Gasteiger partial charge in [-0.3, -0.25) is 0 Å². The second-order valence-electron chi connectivity index (χ2n) is 7.60. The first kappa shape index (κ1) is 17.6. The summed E-state index contributed by atoms with van der Waals surface area (Å²) in [6.45, 7) is 0. The molecule has 0 spiro atoms. The molecule has 3 heteroatoms. The number of nitrogens with zero attached hydrogens (tertiary/aromatic N) is 2. The fourth-order valence-corrected chi connectivity index (χ4v) is 4.09. The lowest BCUT2D eigenvalue weighted by molar-refractivity contribution is 1.23. The van der Waals surface area contributed by atoms with Gasteiger partial charge in [-0.05, 0) is 23.3 Å². The molecule has 0 radical (unpaired) electrons. The Hall–Kier alpha value is -4.24. The highest BCUT2D eigenvalue weighted by Crippen LogP contribution is 2.34. The molecule has 0 aliphatic carbocycles. The average molecular weight is 397 g/mol. The van der Waals surface area contributed by atoms with E-state index in [0.29, 0.717) is 0 Å². The maximum Gasteiger partial charge on any atom is 0.160 e. The summed E-state index contributed by atoms with van der Waals surface area (Å²) in [5.41, 5.74) is 8.34. The SMILES string of the molecule is c1ccc(-c2ccc3[nH]c4c(-c5ccccc5)nc(-c5ccccc5)nc4c3c2)cc1. The Morgan fingerprint density at radius 1 is 0.516 bits per heavy atom. The maximum absolute atomic E-state index is 5.01. The minimum absolute atomic E-state index is 0.734. The number of aromatic amines is 1. The van der Waals surface area contributed by atoms with Crippen LogP contribution in [0.2, 0.25) is 0 Å². The molecule has 0 unspecified atom stereocenters. The summed E-state index contributed by atoms with van der Waals surface area (Å²) in [5, 5.41) is 1.10. The van der Waals surface area contributed by atoms with Crippen molar-refractivity contribution in [2.24, 2.45) is 0 Å². The smallest absolute Gasteiger partial charge is 0.160 e. The first-order chi connectivity index (χ1) is 15.4. The van der Waals surface area contributed by atoms with Crippen LogP contribution in [0.5, 0.6) is 0 Å². The normalized spacial score (nSPS) is 11.2. The summed E-state index contributed by atoms with van der Waals surface area (Å²) in [6, 6.07) is 37.4. The van der Waals surface area contributed by atoms with Gasteiger partial charge in [0.15, 0.2) is 5.82 Å². The quantitative estimate of drug-likeness (QED) is 0.346. The summed E-state index contributed by atoms with van der Waals surface area (Å²) >= 11 is 0. The zero-order chi connectivity index (χ0) is 20.6. The third-order valence-electron chi connectivity index (χ3n) is 5.63. The summed E-state index contributed by atoms with van der Waals surface area (Å²) in [6.07, 6.45) is 0. The van der Waals surface area contributed by atoms with E-state index in [1.54, 1.807) is 0 Å². The molecule has 0 atom stereocenters. The van der Waals surface area contributed by atoms with Crippen molar-refractivity contribution in [3.8, 4) is 33.8 Å². The third kappa shape index (κ3) is 3.08. The number of hydrogen-bond donors (Lipinski definition) is 1. The van der Waals surface area contributed by atoms with E-state index in [2.05, 4.69) is 71.7 Å². The fraction of sp³-hybridized carbons (Fsp3) is 0. The van der Waals surface area contributed by atoms with Crippen molar-refractivity contribution in [3.05, 3.63) is 109 Å². The lowest BCUT2D eigenvalue weighted by Gasteiger charge is -2.07. The van der Waals surface area contributed by atoms with Crippen LogP contribution in [0.15, 0.2) is 109 Å². The van der Waals surface area contributed by atoms with Crippen LogP contribution < -0.4 is 0 Å². The number of fused-ring (bicyclic) bond motifs is 3. The molecule has 6 rings (SSSR count). The lowest BCUT2D eigenvalue weighted by Crippen LogP contribution is -1.94. The largest absolute Gasteiger partial charge is 0.351 e. The second-order valence-corrected chi connectivity index (χ2v) is 7.60. The Labute approximate surface area is 180 Å². The van der Waals surface area contributed by atoms with Gasteiger partial charge in [-0.1, -0.05) is 97.1 Å². The standard InChI is InChI=1S/C28H19N3/c1-4-10-19(11-5-1)22-16-17-24-23(18-22)26-27(29-24)25(20-12-6-2-7-13-20)30-28(31-26)21-14-8-3-9-15-21/h1-18,29H. The van der Waals surface area contributed by atoms with Crippen LogP contribution in [0.3, 0.4) is 0 Å². The maximum atomic E-state index is 5.01. The van der Waals surface area contributed by atoms with Gasteiger partial charge >= 0.3 is 0 Å². The van der Waals surface area contributed by atoms with Gasteiger partial charge in [0.05, 0.1) is 11.2 Å². The molecular weight excluding hydrogens is 378 g/mol. The van der Waals surface area contributed by atoms with E-state index in [1.807, 2.05) is 42.5 Å².